The van der Waals surface area contributed by atoms with E-state index in [1.54, 1.807) is 5.38 Å². The molecule has 4 nitrogen and oxygen atoms in total. The van der Waals surface area contributed by atoms with E-state index >= 15 is 0 Å². The molecule has 0 fully saturated rings. The third-order valence-corrected chi connectivity index (χ3v) is 2.58. The first kappa shape index (κ1) is 10.8. The molecule has 1 aromatic rings. The van der Waals surface area contributed by atoms with E-state index < -0.39 is 5.97 Å². The van der Waals surface area contributed by atoms with Gasteiger partial charge in [-0.1, -0.05) is 6.92 Å². The summed E-state index contributed by atoms with van der Waals surface area (Å²) in [5.74, 6) is 0.149. The van der Waals surface area contributed by atoms with Gasteiger partial charge in [0.05, 0.1) is 19.4 Å². The molecule has 1 aromatic heterocycles. The monoisotopic (exact) mass is 215 g/mol. The zero-order chi connectivity index (χ0) is 10.6. The lowest BCUT2D eigenvalue weighted by Gasteiger charge is -2.03. The van der Waals surface area contributed by atoms with Gasteiger partial charge in [0.25, 0.3) is 0 Å². The molecule has 0 bridgehead atoms. The minimum atomic E-state index is -0.418. The van der Waals surface area contributed by atoms with E-state index in [1.807, 2.05) is 6.92 Å². The van der Waals surface area contributed by atoms with E-state index in [-0.39, 0.29) is 0 Å². The Morgan fingerprint density at radius 1 is 1.64 bits per heavy atom. The highest BCUT2D eigenvalue weighted by atomic mass is 32.1. The highest BCUT2D eigenvalue weighted by molar-refractivity contribution is 7.13. The number of nitrogens with two attached hydrogens (primary N) is 1. The Hall–Kier alpha value is -1.23. The third kappa shape index (κ3) is 2.17. The highest BCUT2D eigenvalue weighted by Gasteiger charge is 2.16. The smallest absolute Gasteiger partial charge is 0.350 e. The summed E-state index contributed by atoms with van der Waals surface area (Å²) in [6.07, 6.45) is 0.906. The number of thiophene rings is 1. The second-order valence-corrected chi connectivity index (χ2v) is 3.56. The van der Waals surface area contributed by atoms with Crippen molar-refractivity contribution in [2.45, 2.75) is 13.3 Å². The second kappa shape index (κ2) is 4.85. The van der Waals surface area contributed by atoms with Gasteiger partial charge in [0.2, 0.25) is 0 Å². The summed E-state index contributed by atoms with van der Waals surface area (Å²) >= 11 is 1.23. The van der Waals surface area contributed by atoms with Crippen molar-refractivity contribution < 1.29 is 14.3 Å². The van der Waals surface area contributed by atoms with Crippen LogP contribution >= 0.6 is 11.3 Å². The van der Waals surface area contributed by atoms with Gasteiger partial charge < -0.3 is 15.2 Å². The second-order valence-electron chi connectivity index (χ2n) is 2.68. The Kier molecular flexibility index (Phi) is 3.76. The minimum absolute atomic E-state index is 0.371. The number of methoxy groups -OCH3 is 1. The molecule has 0 saturated carbocycles. The molecule has 0 saturated heterocycles. The van der Waals surface area contributed by atoms with E-state index in [2.05, 4.69) is 4.74 Å². The van der Waals surface area contributed by atoms with Gasteiger partial charge in [0, 0.05) is 5.38 Å². The number of esters is 1. The van der Waals surface area contributed by atoms with Crippen LogP contribution in [-0.2, 0) is 4.74 Å². The molecule has 0 radical (unpaired) electrons. The Bertz CT molecular complexity index is 322. The van der Waals surface area contributed by atoms with Gasteiger partial charge in [0.1, 0.15) is 4.88 Å². The highest BCUT2D eigenvalue weighted by Crippen LogP contribution is 2.32. The van der Waals surface area contributed by atoms with Gasteiger partial charge in [-0.2, -0.15) is 0 Å². The molecule has 0 atom stereocenters. The predicted octanol–water partition coefficient (Wildman–Crippen LogP) is 1.91. The third-order valence-electron chi connectivity index (χ3n) is 1.63. The SMILES string of the molecule is CCCOc1csc(C(=O)OC)c1N. The van der Waals surface area contributed by atoms with Gasteiger partial charge in [-0.05, 0) is 6.42 Å². The van der Waals surface area contributed by atoms with Crippen LogP contribution in [0.25, 0.3) is 0 Å². The molecular weight excluding hydrogens is 202 g/mol. The summed E-state index contributed by atoms with van der Waals surface area (Å²) in [6, 6.07) is 0. The average molecular weight is 215 g/mol. The molecule has 0 unspecified atom stereocenters. The summed E-state index contributed by atoms with van der Waals surface area (Å²) in [6.45, 7) is 2.60. The molecule has 0 aromatic carbocycles. The number of nitrogen functional groups attached to an aromatic ring is 1. The van der Waals surface area contributed by atoms with Crippen molar-refractivity contribution in [2.75, 3.05) is 19.5 Å². The Labute approximate surface area is 86.6 Å². The minimum Gasteiger partial charge on any atom is -0.491 e. The van der Waals surface area contributed by atoms with Crippen LogP contribution in [0.1, 0.15) is 23.0 Å². The molecule has 0 aliphatic heterocycles. The summed E-state index contributed by atoms with van der Waals surface area (Å²) in [7, 11) is 1.33. The average Bonchev–Trinajstić information content (AvgIpc) is 2.56. The van der Waals surface area contributed by atoms with E-state index in [0.717, 1.165) is 6.42 Å². The van der Waals surface area contributed by atoms with Crippen LogP contribution in [-0.4, -0.2) is 19.7 Å². The van der Waals surface area contributed by atoms with E-state index in [9.17, 15) is 4.79 Å². The van der Waals surface area contributed by atoms with Crippen LogP contribution in [0.5, 0.6) is 5.75 Å². The summed E-state index contributed by atoms with van der Waals surface area (Å²) < 4.78 is 9.91. The van der Waals surface area contributed by atoms with Crippen LogP contribution in [0.3, 0.4) is 0 Å². The molecule has 0 aliphatic carbocycles. The first-order valence-electron chi connectivity index (χ1n) is 4.28. The van der Waals surface area contributed by atoms with Crippen molar-refractivity contribution in [2.24, 2.45) is 0 Å². The molecule has 1 rings (SSSR count). The number of rotatable bonds is 4. The largest absolute Gasteiger partial charge is 0.491 e. The van der Waals surface area contributed by atoms with Crippen molar-refractivity contribution in [1.82, 2.24) is 0 Å². The maximum Gasteiger partial charge on any atom is 0.350 e. The van der Waals surface area contributed by atoms with Gasteiger partial charge >= 0.3 is 5.97 Å². The summed E-state index contributed by atoms with van der Waals surface area (Å²) in [4.78, 5) is 11.6. The number of anilines is 1. The number of hydrogen-bond donors (Lipinski definition) is 1. The topological polar surface area (TPSA) is 61.5 Å². The Morgan fingerprint density at radius 3 is 2.93 bits per heavy atom. The lowest BCUT2D eigenvalue weighted by Crippen LogP contribution is -2.03. The van der Waals surface area contributed by atoms with Crippen molar-refractivity contribution >= 4 is 23.0 Å². The van der Waals surface area contributed by atoms with Crippen molar-refractivity contribution in [1.29, 1.82) is 0 Å². The van der Waals surface area contributed by atoms with Crippen molar-refractivity contribution in [3.63, 3.8) is 0 Å². The quantitative estimate of drug-likeness (QED) is 0.779. The first-order chi connectivity index (χ1) is 6.70. The molecule has 14 heavy (non-hydrogen) atoms. The maximum absolute atomic E-state index is 11.2. The standard InChI is InChI=1S/C9H13NO3S/c1-3-4-13-6-5-14-8(7(6)10)9(11)12-2/h5H,3-4,10H2,1-2H3. The summed E-state index contributed by atoms with van der Waals surface area (Å²) in [5, 5.41) is 1.72. The number of carbonyl (C=O) groups is 1. The van der Waals surface area contributed by atoms with Crippen LogP contribution in [0, 0.1) is 0 Å². The molecule has 2 N–H and O–H groups in total. The zero-order valence-corrected chi connectivity index (χ0v) is 9.02. The number of hydrogen-bond acceptors (Lipinski definition) is 5. The van der Waals surface area contributed by atoms with Crippen LogP contribution < -0.4 is 10.5 Å². The van der Waals surface area contributed by atoms with Gasteiger partial charge in [0.15, 0.2) is 5.75 Å². The molecule has 5 heteroatoms. The van der Waals surface area contributed by atoms with Crippen molar-refractivity contribution in [3.8, 4) is 5.75 Å². The normalized spacial score (nSPS) is 9.86. The maximum atomic E-state index is 11.2. The zero-order valence-electron chi connectivity index (χ0n) is 8.20. The lowest BCUT2D eigenvalue weighted by molar-refractivity contribution is 0.0607. The molecule has 1 heterocycles. The van der Waals surface area contributed by atoms with Crippen LogP contribution in [0.2, 0.25) is 0 Å². The number of carbonyl (C=O) groups excluding carboxylic acids is 1. The van der Waals surface area contributed by atoms with Gasteiger partial charge in [-0.25, -0.2) is 4.79 Å². The molecule has 0 amide bonds. The molecule has 0 spiro atoms. The molecule has 0 aliphatic rings. The fourth-order valence-electron chi connectivity index (χ4n) is 0.926. The fourth-order valence-corrected chi connectivity index (χ4v) is 1.75. The Balaban J connectivity index is 2.80. The molecule has 78 valence electrons. The van der Waals surface area contributed by atoms with Crippen LogP contribution in [0.4, 0.5) is 5.69 Å². The summed E-state index contributed by atoms with van der Waals surface area (Å²) in [5.41, 5.74) is 6.08. The number of ether oxygens (including phenoxy) is 2. The van der Waals surface area contributed by atoms with E-state index in [1.165, 1.54) is 18.4 Å². The van der Waals surface area contributed by atoms with E-state index in [4.69, 9.17) is 10.5 Å². The fraction of sp³-hybridized carbons (Fsp3) is 0.444. The Morgan fingerprint density at radius 2 is 2.36 bits per heavy atom. The first-order valence-corrected chi connectivity index (χ1v) is 5.16. The van der Waals surface area contributed by atoms with Gasteiger partial charge in [-0.3, -0.25) is 0 Å². The van der Waals surface area contributed by atoms with Crippen molar-refractivity contribution in [3.05, 3.63) is 10.3 Å². The molecular formula is C9H13NO3S. The lowest BCUT2D eigenvalue weighted by atomic mass is 10.4. The van der Waals surface area contributed by atoms with Gasteiger partial charge in [-0.15, -0.1) is 11.3 Å². The predicted molar refractivity (Wildman–Crippen MR) is 55.9 cm³/mol. The van der Waals surface area contributed by atoms with Crippen LogP contribution in [0.15, 0.2) is 5.38 Å². The van der Waals surface area contributed by atoms with E-state index in [0.29, 0.717) is 22.9 Å².